The van der Waals surface area contributed by atoms with E-state index in [1.54, 1.807) is 19.2 Å². The van der Waals surface area contributed by atoms with Crippen LogP contribution in [-0.4, -0.2) is 24.4 Å². The standard InChI is InChI=1S/C15H19NO4/c1-20-12-6-4-5-11(9-12)14(10-16(18)19)13-7-2-3-8-15(13)17/h4-6,9,13-14H,2-3,7-8,10H2,1H3/t13-,14+/m0/s1. The zero-order valence-electron chi connectivity index (χ0n) is 11.6. The van der Waals surface area contributed by atoms with Gasteiger partial charge in [-0.3, -0.25) is 14.9 Å². The topological polar surface area (TPSA) is 69.4 Å². The SMILES string of the molecule is COc1cccc([C@@H](C[N+](=O)[O-])[C@@H]2CCCCC2=O)c1. The smallest absolute Gasteiger partial charge is 0.211 e. The van der Waals surface area contributed by atoms with Crippen molar-refractivity contribution in [3.8, 4) is 5.75 Å². The van der Waals surface area contributed by atoms with E-state index in [0.29, 0.717) is 12.2 Å². The van der Waals surface area contributed by atoms with Gasteiger partial charge in [0.25, 0.3) is 0 Å². The summed E-state index contributed by atoms with van der Waals surface area (Å²) in [6.07, 6.45) is 3.16. The second kappa shape index (κ2) is 6.50. The maximum Gasteiger partial charge on any atom is 0.211 e. The van der Waals surface area contributed by atoms with Crippen molar-refractivity contribution in [2.75, 3.05) is 13.7 Å². The number of carbonyl (C=O) groups excluding carboxylic acids is 1. The zero-order valence-corrected chi connectivity index (χ0v) is 11.6. The van der Waals surface area contributed by atoms with Gasteiger partial charge in [-0.15, -0.1) is 0 Å². The molecule has 0 radical (unpaired) electrons. The van der Waals surface area contributed by atoms with Crippen molar-refractivity contribution in [1.29, 1.82) is 0 Å². The molecule has 0 N–H and O–H groups in total. The Hall–Kier alpha value is -1.91. The van der Waals surface area contributed by atoms with Crippen LogP contribution in [0.1, 0.15) is 37.2 Å². The molecular weight excluding hydrogens is 258 g/mol. The molecule has 1 saturated carbocycles. The molecule has 20 heavy (non-hydrogen) atoms. The van der Waals surface area contributed by atoms with Crippen LogP contribution in [0, 0.1) is 16.0 Å². The second-order valence-electron chi connectivity index (χ2n) is 5.22. The Bertz CT molecular complexity index is 500. The van der Waals surface area contributed by atoms with Gasteiger partial charge in [-0.05, 0) is 30.5 Å². The molecule has 108 valence electrons. The number of ether oxygens (including phenoxy) is 1. The van der Waals surface area contributed by atoms with Gasteiger partial charge in [0.2, 0.25) is 6.54 Å². The number of carbonyl (C=O) groups is 1. The van der Waals surface area contributed by atoms with E-state index in [9.17, 15) is 14.9 Å². The van der Waals surface area contributed by atoms with Crippen molar-refractivity contribution in [3.05, 3.63) is 39.9 Å². The Kier molecular flexibility index (Phi) is 4.71. The van der Waals surface area contributed by atoms with Crippen LogP contribution in [0.5, 0.6) is 5.75 Å². The summed E-state index contributed by atoms with van der Waals surface area (Å²) < 4.78 is 5.17. The van der Waals surface area contributed by atoms with Gasteiger partial charge < -0.3 is 4.74 Å². The average Bonchev–Trinajstić information content (AvgIpc) is 2.45. The van der Waals surface area contributed by atoms with Crippen molar-refractivity contribution in [2.45, 2.75) is 31.6 Å². The molecule has 0 heterocycles. The lowest BCUT2D eigenvalue weighted by atomic mass is 9.76. The van der Waals surface area contributed by atoms with Gasteiger partial charge >= 0.3 is 0 Å². The van der Waals surface area contributed by atoms with Crippen LogP contribution in [0.4, 0.5) is 0 Å². The number of nitro groups is 1. The van der Waals surface area contributed by atoms with Crippen molar-refractivity contribution in [2.24, 2.45) is 5.92 Å². The van der Waals surface area contributed by atoms with Crippen molar-refractivity contribution in [1.82, 2.24) is 0 Å². The number of rotatable bonds is 5. The van der Waals surface area contributed by atoms with Gasteiger partial charge in [-0.2, -0.15) is 0 Å². The molecule has 2 atom stereocenters. The first-order valence-electron chi connectivity index (χ1n) is 6.90. The highest BCUT2D eigenvalue weighted by Gasteiger charge is 2.34. The number of hydrogen-bond donors (Lipinski definition) is 0. The highest BCUT2D eigenvalue weighted by Crippen LogP contribution is 2.35. The molecule has 0 unspecified atom stereocenters. The molecule has 2 rings (SSSR count). The maximum atomic E-state index is 12.1. The summed E-state index contributed by atoms with van der Waals surface area (Å²) in [7, 11) is 1.56. The van der Waals surface area contributed by atoms with Crippen molar-refractivity contribution >= 4 is 5.78 Å². The first-order valence-corrected chi connectivity index (χ1v) is 6.90. The highest BCUT2D eigenvalue weighted by molar-refractivity contribution is 5.82. The second-order valence-corrected chi connectivity index (χ2v) is 5.22. The van der Waals surface area contributed by atoms with Crippen LogP contribution in [-0.2, 0) is 4.79 Å². The zero-order chi connectivity index (χ0) is 14.5. The Labute approximate surface area is 118 Å². The number of benzene rings is 1. The van der Waals surface area contributed by atoms with E-state index in [4.69, 9.17) is 4.74 Å². The number of hydrogen-bond acceptors (Lipinski definition) is 4. The van der Waals surface area contributed by atoms with E-state index in [2.05, 4.69) is 0 Å². The lowest BCUT2D eigenvalue weighted by molar-refractivity contribution is -0.484. The van der Waals surface area contributed by atoms with Crippen molar-refractivity contribution < 1.29 is 14.5 Å². The van der Waals surface area contributed by atoms with Gasteiger partial charge in [-0.1, -0.05) is 18.6 Å². The fraction of sp³-hybridized carbons (Fsp3) is 0.533. The third-order valence-electron chi connectivity index (χ3n) is 3.96. The lowest BCUT2D eigenvalue weighted by Gasteiger charge is -2.27. The van der Waals surface area contributed by atoms with Crippen molar-refractivity contribution in [3.63, 3.8) is 0 Å². The van der Waals surface area contributed by atoms with E-state index in [1.807, 2.05) is 12.1 Å². The molecule has 1 fully saturated rings. The minimum Gasteiger partial charge on any atom is -0.497 e. The van der Waals surface area contributed by atoms with Crippen LogP contribution in [0.15, 0.2) is 24.3 Å². The summed E-state index contributed by atoms with van der Waals surface area (Å²) in [6, 6.07) is 7.26. The number of Topliss-reactive ketones (excluding diaryl/α,β-unsaturated/α-hetero) is 1. The lowest BCUT2D eigenvalue weighted by Crippen LogP contribution is -2.30. The molecule has 1 aliphatic rings. The van der Waals surface area contributed by atoms with Gasteiger partial charge in [-0.25, -0.2) is 0 Å². The van der Waals surface area contributed by atoms with E-state index < -0.39 is 0 Å². The first-order chi connectivity index (χ1) is 9.61. The fourth-order valence-corrected chi connectivity index (χ4v) is 2.93. The normalized spacial score (nSPS) is 20.4. The summed E-state index contributed by atoms with van der Waals surface area (Å²) in [5.74, 6) is 0.235. The predicted molar refractivity (Wildman–Crippen MR) is 74.6 cm³/mol. The van der Waals surface area contributed by atoms with Crippen LogP contribution < -0.4 is 4.74 Å². The van der Waals surface area contributed by atoms with E-state index in [1.165, 1.54) is 0 Å². The summed E-state index contributed by atoms with van der Waals surface area (Å²) in [6.45, 7) is -0.205. The molecule has 5 heteroatoms. The molecule has 0 spiro atoms. The third-order valence-corrected chi connectivity index (χ3v) is 3.96. The molecule has 0 saturated heterocycles. The van der Waals surface area contributed by atoms with Gasteiger partial charge in [0.05, 0.1) is 13.0 Å². The average molecular weight is 277 g/mol. The quantitative estimate of drug-likeness (QED) is 0.613. The Balaban J connectivity index is 2.30. The fourth-order valence-electron chi connectivity index (χ4n) is 2.93. The van der Waals surface area contributed by atoms with Gasteiger partial charge in [0.1, 0.15) is 11.5 Å². The minimum atomic E-state index is -0.354. The summed E-state index contributed by atoms with van der Waals surface area (Å²) in [4.78, 5) is 22.7. The molecule has 0 aliphatic heterocycles. The van der Waals surface area contributed by atoms with Gasteiger partial charge in [0, 0.05) is 17.3 Å². The van der Waals surface area contributed by atoms with E-state index >= 15 is 0 Å². The maximum absolute atomic E-state index is 12.1. The predicted octanol–water partition coefficient (Wildman–Crippen LogP) is 2.81. The first kappa shape index (κ1) is 14.5. The molecule has 1 aliphatic carbocycles. The largest absolute Gasteiger partial charge is 0.497 e. The molecule has 1 aromatic carbocycles. The number of ketones is 1. The summed E-state index contributed by atoms with van der Waals surface area (Å²) in [5, 5.41) is 10.9. The molecule has 0 amide bonds. The highest BCUT2D eigenvalue weighted by atomic mass is 16.6. The Morgan fingerprint density at radius 1 is 1.45 bits per heavy atom. The van der Waals surface area contributed by atoms with E-state index in [0.717, 1.165) is 24.8 Å². The summed E-state index contributed by atoms with van der Waals surface area (Å²) >= 11 is 0. The monoisotopic (exact) mass is 277 g/mol. The Morgan fingerprint density at radius 3 is 2.90 bits per heavy atom. The molecule has 0 aromatic heterocycles. The van der Waals surface area contributed by atoms with Crippen LogP contribution >= 0.6 is 0 Å². The molecular formula is C15H19NO4. The molecule has 1 aromatic rings. The van der Waals surface area contributed by atoms with Crippen LogP contribution in [0.3, 0.4) is 0 Å². The molecule has 5 nitrogen and oxygen atoms in total. The third kappa shape index (κ3) is 3.35. The number of nitrogens with zero attached hydrogens (tertiary/aromatic N) is 1. The summed E-state index contributed by atoms with van der Waals surface area (Å²) in [5.41, 5.74) is 0.821. The van der Waals surface area contributed by atoms with E-state index in [-0.39, 0.29) is 29.1 Å². The number of methoxy groups -OCH3 is 1. The minimum absolute atomic E-state index is 0.158. The van der Waals surface area contributed by atoms with Crippen LogP contribution in [0.2, 0.25) is 0 Å². The van der Waals surface area contributed by atoms with Crippen LogP contribution in [0.25, 0.3) is 0 Å². The Morgan fingerprint density at radius 2 is 2.25 bits per heavy atom. The van der Waals surface area contributed by atoms with Gasteiger partial charge in [0.15, 0.2) is 0 Å². The molecule has 0 bridgehead atoms.